The van der Waals surface area contributed by atoms with Crippen molar-refractivity contribution in [2.75, 3.05) is 19.7 Å². The van der Waals surface area contributed by atoms with Gasteiger partial charge in [0.05, 0.1) is 24.5 Å². The zero-order valence-electron chi connectivity index (χ0n) is 22.3. The third kappa shape index (κ3) is 6.52. The Morgan fingerprint density at radius 2 is 1.82 bits per heavy atom. The van der Waals surface area contributed by atoms with Gasteiger partial charge in [0.1, 0.15) is 11.7 Å². The quantitative estimate of drug-likeness (QED) is 0.429. The molecule has 2 bridgehead atoms. The molecule has 0 aliphatic carbocycles. The van der Waals surface area contributed by atoms with Gasteiger partial charge >= 0.3 is 6.03 Å². The highest BCUT2D eigenvalue weighted by Gasteiger charge is 2.29. The van der Waals surface area contributed by atoms with Crippen molar-refractivity contribution >= 4 is 11.9 Å². The number of aliphatic imine (C=N–C) groups is 1. The molecule has 3 aliphatic rings. The number of aromatic nitrogens is 1. The first kappa shape index (κ1) is 26.2. The lowest BCUT2D eigenvalue weighted by Crippen LogP contribution is -2.40. The maximum Gasteiger partial charge on any atom is 0.327 e. The third-order valence-corrected chi connectivity index (χ3v) is 7.33. The van der Waals surface area contributed by atoms with E-state index < -0.39 is 6.35 Å². The van der Waals surface area contributed by atoms with Crippen LogP contribution in [0, 0.1) is 0 Å². The summed E-state index contributed by atoms with van der Waals surface area (Å²) in [6.45, 7) is 6.44. The van der Waals surface area contributed by atoms with E-state index in [1.54, 1.807) is 4.90 Å². The number of benzene rings is 1. The number of likely N-dealkylation sites (tertiary alicyclic amines) is 1. The van der Waals surface area contributed by atoms with E-state index in [0.29, 0.717) is 43.3 Å². The van der Waals surface area contributed by atoms with Gasteiger partial charge in [-0.05, 0) is 56.0 Å². The minimum absolute atomic E-state index is 0.247. The number of carbonyl (C=O) groups is 1. The number of allylic oxidation sites excluding steroid dienone is 1. The van der Waals surface area contributed by atoms with Gasteiger partial charge in [-0.2, -0.15) is 0 Å². The summed E-state index contributed by atoms with van der Waals surface area (Å²) >= 11 is 0. The van der Waals surface area contributed by atoms with E-state index in [-0.39, 0.29) is 6.03 Å². The summed E-state index contributed by atoms with van der Waals surface area (Å²) in [5, 5.41) is 6.05. The lowest BCUT2D eigenvalue weighted by atomic mass is 10.1. The van der Waals surface area contributed by atoms with Crippen molar-refractivity contribution < 1.29 is 9.53 Å². The lowest BCUT2D eigenvalue weighted by Gasteiger charge is -2.26. The summed E-state index contributed by atoms with van der Waals surface area (Å²) in [5.74, 6) is 1.07. The highest BCUT2D eigenvalue weighted by molar-refractivity contribution is 5.99. The maximum atomic E-state index is 13.1. The van der Waals surface area contributed by atoms with Crippen LogP contribution in [0.1, 0.15) is 63.0 Å². The van der Waals surface area contributed by atoms with Gasteiger partial charge in [0, 0.05) is 24.7 Å². The summed E-state index contributed by atoms with van der Waals surface area (Å²) < 4.78 is 5.89. The molecule has 2 aromatic rings. The molecule has 1 aromatic heterocycles. The number of carbonyl (C=O) groups excluding carboxylic acids is 1. The fraction of sp³-hybridized carbons (Fsp3) is 0.483. The molecule has 9 heteroatoms. The lowest BCUT2D eigenvalue weighted by molar-refractivity contribution is 0.0397. The molecule has 0 radical (unpaired) electrons. The minimum atomic E-state index is -0.625. The number of piperidine rings is 1. The molecule has 38 heavy (non-hydrogen) atoms. The molecule has 0 spiro atoms. The molecule has 4 N–H and O–H groups in total. The second-order valence-corrected chi connectivity index (χ2v) is 10.3. The standard InChI is InChI=1S/C29H39N7O2/c1-2-3-17-38-28-33-26-14-13-25(27(30)34-28)32-29(37)36(26)20-22-9-12-24(31-18-22)23-10-7-21(8-11-23)19-35-15-5-4-6-16-35/h7-12,18,28,34H,2-6,13-17,19-20,30H2,1H3,(H,32,37)/b27-25+,33-26+. The number of amidine groups is 1. The normalized spacial score (nSPS) is 23.6. The van der Waals surface area contributed by atoms with Crippen molar-refractivity contribution in [3.63, 3.8) is 0 Å². The smallest absolute Gasteiger partial charge is 0.327 e. The van der Waals surface area contributed by atoms with E-state index in [4.69, 9.17) is 20.4 Å². The summed E-state index contributed by atoms with van der Waals surface area (Å²) in [7, 11) is 0. The van der Waals surface area contributed by atoms with Gasteiger partial charge in [-0.3, -0.25) is 14.8 Å². The maximum absolute atomic E-state index is 13.1. The number of nitrogens with two attached hydrogens (primary N) is 1. The van der Waals surface area contributed by atoms with Crippen LogP contribution in [-0.2, 0) is 17.8 Å². The Hall–Kier alpha value is -3.43. The van der Waals surface area contributed by atoms with Crippen LogP contribution in [0.3, 0.4) is 0 Å². The predicted octanol–water partition coefficient (Wildman–Crippen LogP) is 4.27. The number of unbranched alkanes of at least 4 members (excludes halogenated alkanes) is 1. The number of pyridine rings is 1. The molecule has 1 atom stereocenters. The van der Waals surface area contributed by atoms with Gasteiger partial charge < -0.3 is 21.1 Å². The van der Waals surface area contributed by atoms with Gasteiger partial charge in [-0.25, -0.2) is 9.79 Å². The van der Waals surface area contributed by atoms with Gasteiger partial charge in [0.15, 0.2) is 0 Å². The van der Waals surface area contributed by atoms with Crippen molar-refractivity contribution in [2.24, 2.45) is 10.7 Å². The van der Waals surface area contributed by atoms with Crippen molar-refractivity contribution in [1.82, 2.24) is 25.4 Å². The molecule has 1 aromatic carbocycles. The topological polar surface area (TPSA) is 108 Å². The van der Waals surface area contributed by atoms with E-state index in [9.17, 15) is 4.79 Å². The molecule has 1 unspecified atom stereocenters. The van der Waals surface area contributed by atoms with E-state index >= 15 is 0 Å². The SMILES string of the molecule is CCCCOC1/N=C2\CC/C(=C(/N)N1)NC(=O)N2Cc1ccc(-c2ccc(CN3CCCCC3)cc2)nc1. The molecule has 5 rings (SSSR count). The Morgan fingerprint density at radius 1 is 1.03 bits per heavy atom. The number of urea groups is 1. The van der Waals surface area contributed by atoms with Crippen LogP contribution < -0.4 is 16.4 Å². The van der Waals surface area contributed by atoms with Crippen molar-refractivity contribution in [3.8, 4) is 11.3 Å². The molecule has 3 aliphatic heterocycles. The zero-order valence-corrected chi connectivity index (χ0v) is 22.3. The average molecular weight is 518 g/mol. The Balaban J connectivity index is 1.27. The molecule has 2 fully saturated rings. The van der Waals surface area contributed by atoms with Crippen LogP contribution >= 0.6 is 0 Å². The molecule has 4 heterocycles. The van der Waals surface area contributed by atoms with Gasteiger partial charge in [0.2, 0.25) is 6.35 Å². The number of nitrogens with one attached hydrogen (secondary N) is 2. The summed E-state index contributed by atoms with van der Waals surface area (Å²) in [6, 6.07) is 12.5. The monoisotopic (exact) mass is 517 g/mol. The number of nitrogens with zero attached hydrogens (tertiary/aromatic N) is 4. The minimum Gasteiger partial charge on any atom is -0.384 e. The second kappa shape index (κ2) is 12.4. The number of amides is 2. The molecule has 202 valence electrons. The summed E-state index contributed by atoms with van der Waals surface area (Å²) in [6.07, 6.45) is 8.33. The number of hydrogen-bond donors (Lipinski definition) is 3. The molecule has 9 nitrogen and oxygen atoms in total. The van der Waals surface area contributed by atoms with Crippen molar-refractivity contribution in [1.29, 1.82) is 0 Å². The molecular weight excluding hydrogens is 478 g/mol. The Bertz CT molecular complexity index is 1150. The first-order valence-electron chi connectivity index (χ1n) is 13.9. The number of hydrogen-bond acceptors (Lipinski definition) is 7. The van der Waals surface area contributed by atoms with Crippen LogP contribution in [0.25, 0.3) is 11.3 Å². The van der Waals surface area contributed by atoms with Crippen LogP contribution in [0.5, 0.6) is 0 Å². The fourth-order valence-electron chi connectivity index (χ4n) is 5.08. The molecule has 2 amide bonds. The Labute approximate surface area is 225 Å². The largest absolute Gasteiger partial charge is 0.384 e. The Morgan fingerprint density at radius 3 is 2.55 bits per heavy atom. The number of fused-ring (bicyclic) bond motifs is 3. The third-order valence-electron chi connectivity index (χ3n) is 7.33. The van der Waals surface area contributed by atoms with Gasteiger partial charge in [0.25, 0.3) is 0 Å². The first-order chi connectivity index (χ1) is 18.6. The molecule has 0 saturated carbocycles. The molecular formula is C29H39N7O2. The van der Waals surface area contributed by atoms with E-state index in [1.165, 1.54) is 37.9 Å². The van der Waals surface area contributed by atoms with Crippen LogP contribution in [0.4, 0.5) is 4.79 Å². The number of rotatable bonds is 9. The van der Waals surface area contributed by atoms with E-state index in [0.717, 1.165) is 36.2 Å². The fourth-order valence-corrected chi connectivity index (χ4v) is 5.08. The highest BCUT2D eigenvalue weighted by Crippen LogP contribution is 2.22. The first-order valence-corrected chi connectivity index (χ1v) is 13.9. The highest BCUT2D eigenvalue weighted by atomic mass is 16.5. The van der Waals surface area contributed by atoms with Crippen molar-refractivity contribution in [3.05, 3.63) is 65.2 Å². The summed E-state index contributed by atoms with van der Waals surface area (Å²) in [4.78, 5) is 26.7. The van der Waals surface area contributed by atoms with Gasteiger partial charge in [-0.1, -0.05) is 50.1 Å². The van der Waals surface area contributed by atoms with Crippen LogP contribution in [0.2, 0.25) is 0 Å². The Kier molecular flexibility index (Phi) is 8.55. The van der Waals surface area contributed by atoms with Crippen LogP contribution in [-0.4, -0.2) is 52.7 Å². The van der Waals surface area contributed by atoms with Gasteiger partial charge in [-0.15, -0.1) is 0 Å². The zero-order chi connectivity index (χ0) is 26.3. The summed E-state index contributed by atoms with van der Waals surface area (Å²) in [5.41, 5.74) is 11.1. The van der Waals surface area contributed by atoms with E-state index in [2.05, 4.69) is 46.7 Å². The number of ether oxygens (including phenoxy) is 1. The van der Waals surface area contributed by atoms with Crippen molar-refractivity contribution in [2.45, 2.75) is 71.3 Å². The average Bonchev–Trinajstić information content (AvgIpc) is 3.06. The predicted molar refractivity (Wildman–Crippen MR) is 149 cm³/mol. The van der Waals surface area contributed by atoms with E-state index in [1.807, 2.05) is 18.3 Å². The second-order valence-electron chi connectivity index (χ2n) is 10.3. The van der Waals surface area contributed by atoms with Crippen LogP contribution in [0.15, 0.2) is 59.1 Å². The molecule has 2 saturated heterocycles.